The molecule has 0 atom stereocenters. The number of anilines is 1. The van der Waals surface area contributed by atoms with Crippen LogP contribution in [0.2, 0.25) is 0 Å². The molecule has 82 valence electrons. The first-order valence-corrected chi connectivity index (χ1v) is 4.95. The van der Waals surface area contributed by atoms with Gasteiger partial charge in [-0.3, -0.25) is 14.7 Å². The number of aliphatic hydroxyl groups is 1. The van der Waals surface area contributed by atoms with Crippen molar-refractivity contribution in [1.29, 1.82) is 0 Å². The average molecular weight is 216 g/mol. The molecule has 1 aromatic heterocycles. The molecular formula is C12H12N2O2. The van der Waals surface area contributed by atoms with E-state index in [9.17, 15) is 9.90 Å². The van der Waals surface area contributed by atoms with E-state index in [4.69, 9.17) is 0 Å². The number of carbonyl (C=O) groups is 1. The van der Waals surface area contributed by atoms with Gasteiger partial charge < -0.3 is 5.11 Å². The minimum Gasteiger partial charge on any atom is -0.376 e. The lowest BCUT2D eigenvalue weighted by molar-refractivity contribution is -0.117. The molecule has 0 spiro atoms. The lowest BCUT2D eigenvalue weighted by Gasteiger charge is -2.19. The van der Waals surface area contributed by atoms with Gasteiger partial charge in [-0.25, -0.2) is 0 Å². The number of aliphatic hydroxyl groups excluding tert-OH is 1. The van der Waals surface area contributed by atoms with Gasteiger partial charge >= 0.3 is 0 Å². The monoisotopic (exact) mass is 216 g/mol. The zero-order chi connectivity index (χ0) is 11.5. The van der Waals surface area contributed by atoms with E-state index in [2.05, 4.69) is 4.98 Å². The lowest BCUT2D eigenvalue weighted by Crippen LogP contribution is -2.29. The predicted molar refractivity (Wildman–Crippen MR) is 62.0 cm³/mol. The Hall–Kier alpha value is -1.94. The third-order valence-corrected chi connectivity index (χ3v) is 2.47. The number of aromatic nitrogens is 1. The van der Waals surface area contributed by atoms with E-state index in [1.54, 1.807) is 18.5 Å². The van der Waals surface area contributed by atoms with Crippen LogP contribution in [0.1, 0.15) is 6.92 Å². The molecule has 0 aliphatic rings. The zero-order valence-electron chi connectivity index (χ0n) is 8.92. The van der Waals surface area contributed by atoms with E-state index in [0.29, 0.717) is 5.69 Å². The number of nitrogens with zero attached hydrogens (tertiary/aromatic N) is 2. The molecule has 2 aromatic rings. The van der Waals surface area contributed by atoms with Gasteiger partial charge in [0, 0.05) is 30.1 Å². The summed E-state index contributed by atoms with van der Waals surface area (Å²) in [7, 11) is 0. The number of rotatable bonds is 2. The molecule has 1 amide bonds. The van der Waals surface area contributed by atoms with E-state index in [-0.39, 0.29) is 12.6 Å². The maximum absolute atomic E-state index is 11.4. The maximum atomic E-state index is 11.4. The average Bonchev–Trinajstić information content (AvgIpc) is 2.30. The minimum atomic E-state index is -0.323. The van der Waals surface area contributed by atoms with Crippen LogP contribution in [0.15, 0.2) is 36.7 Å². The van der Waals surface area contributed by atoms with Gasteiger partial charge in [-0.2, -0.15) is 0 Å². The van der Waals surface area contributed by atoms with Crippen molar-refractivity contribution in [2.24, 2.45) is 0 Å². The number of benzene rings is 1. The topological polar surface area (TPSA) is 53.4 Å². The number of pyridine rings is 1. The second kappa shape index (κ2) is 4.28. The van der Waals surface area contributed by atoms with E-state index >= 15 is 0 Å². The van der Waals surface area contributed by atoms with Crippen molar-refractivity contribution in [3.05, 3.63) is 36.7 Å². The van der Waals surface area contributed by atoms with Crippen molar-refractivity contribution < 1.29 is 9.90 Å². The van der Waals surface area contributed by atoms with Gasteiger partial charge in [0.2, 0.25) is 5.91 Å². The van der Waals surface area contributed by atoms with E-state index in [1.165, 1.54) is 11.8 Å². The summed E-state index contributed by atoms with van der Waals surface area (Å²) in [5.41, 5.74) is 0.704. The van der Waals surface area contributed by atoms with Crippen molar-refractivity contribution >= 4 is 22.4 Å². The fourth-order valence-electron chi connectivity index (χ4n) is 1.69. The third-order valence-electron chi connectivity index (χ3n) is 2.47. The van der Waals surface area contributed by atoms with Gasteiger partial charge in [-0.1, -0.05) is 12.1 Å². The minimum absolute atomic E-state index is 0.188. The Balaban J connectivity index is 2.63. The molecule has 2 rings (SSSR count). The highest BCUT2D eigenvalue weighted by atomic mass is 16.3. The molecule has 1 N–H and O–H groups in total. The van der Waals surface area contributed by atoms with E-state index < -0.39 is 0 Å². The van der Waals surface area contributed by atoms with E-state index in [0.717, 1.165) is 10.8 Å². The van der Waals surface area contributed by atoms with E-state index in [1.807, 2.05) is 18.2 Å². The Bertz CT molecular complexity index is 520. The molecule has 0 radical (unpaired) electrons. The molecule has 16 heavy (non-hydrogen) atoms. The van der Waals surface area contributed by atoms with Gasteiger partial charge in [-0.05, 0) is 12.1 Å². The number of hydrogen-bond donors (Lipinski definition) is 1. The predicted octanol–water partition coefficient (Wildman–Crippen LogP) is 1.54. The fourth-order valence-corrected chi connectivity index (χ4v) is 1.69. The van der Waals surface area contributed by atoms with Gasteiger partial charge in [0.25, 0.3) is 0 Å². The van der Waals surface area contributed by atoms with Crippen LogP contribution in [-0.4, -0.2) is 22.7 Å². The normalized spacial score (nSPS) is 10.4. The Morgan fingerprint density at radius 3 is 2.94 bits per heavy atom. The van der Waals surface area contributed by atoms with Crippen molar-refractivity contribution in [2.45, 2.75) is 6.92 Å². The fraction of sp³-hybridized carbons (Fsp3) is 0.167. The molecule has 0 saturated carbocycles. The molecule has 4 heteroatoms. The molecule has 0 aliphatic heterocycles. The SMILES string of the molecule is CC(=O)N(CO)c1cccc2cnccc12. The molecule has 4 nitrogen and oxygen atoms in total. The zero-order valence-corrected chi connectivity index (χ0v) is 8.92. The summed E-state index contributed by atoms with van der Waals surface area (Å²) >= 11 is 0. The highest BCUT2D eigenvalue weighted by Crippen LogP contribution is 2.25. The molecular weight excluding hydrogens is 204 g/mol. The Kier molecular flexibility index (Phi) is 2.83. The van der Waals surface area contributed by atoms with Crippen molar-refractivity contribution in [3.63, 3.8) is 0 Å². The first-order valence-electron chi connectivity index (χ1n) is 4.95. The summed E-state index contributed by atoms with van der Waals surface area (Å²) in [5, 5.41) is 11.0. The van der Waals surface area contributed by atoms with Crippen LogP contribution in [-0.2, 0) is 4.79 Å². The van der Waals surface area contributed by atoms with Crippen molar-refractivity contribution in [2.75, 3.05) is 11.6 Å². The second-order valence-corrected chi connectivity index (χ2v) is 3.46. The quantitative estimate of drug-likeness (QED) is 0.775. The molecule has 1 aromatic carbocycles. The molecule has 1 heterocycles. The standard InChI is InChI=1S/C12H12N2O2/c1-9(16)14(8-15)12-4-2-3-10-7-13-6-5-11(10)12/h2-7,15H,8H2,1H3. The van der Waals surface area contributed by atoms with Crippen LogP contribution in [0.5, 0.6) is 0 Å². The summed E-state index contributed by atoms with van der Waals surface area (Å²) in [6.07, 6.45) is 3.40. The highest BCUT2D eigenvalue weighted by Gasteiger charge is 2.12. The summed E-state index contributed by atoms with van der Waals surface area (Å²) in [5.74, 6) is -0.188. The van der Waals surface area contributed by atoms with Crippen LogP contribution < -0.4 is 4.90 Å². The smallest absolute Gasteiger partial charge is 0.225 e. The molecule has 0 bridgehead atoms. The number of amides is 1. The summed E-state index contributed by atoms with van der Waals surface area (Å²) in [4.78, 5) is 16.7. The summed E-state index contributed by atoms with van der Waals surface area (Å²) in [6, 6.07) is 7.39. The van der Waals surface area contributed by atoms with Crippen LogP contribution in [0, 0.1) is 0 Å². The van der Waals surface area contributed by atoms with Gasteiger partial charge in [0.15, 0.2) is 0 Å². The van der Waals surface area contributed by atoms with Crippen LogP contribution in [0.3, 0.4) is 0 Å². The van der Waals surface area contributed by atoms with Gasteiger partial charge in [0.05, 0.1) is 5.69 Å². The Morgan fingerprint density at radius 2 is 2.25 bits per heavy atom. The molecule has 0 unspecified atom stereocenters. The maximum Gasteiger partial charge on any atom is 0.225 e. The summed E-state index contributed by atoms with van der Waals surface area (Å²) < 4.78 is 0. The van der Waals surface area contributed by atoms with Crippen molar-refractivity contribution in [3.8, 4) is 0 Å². The molecule has 0 aliphatic carbocycles. The van der Waals surface area contributed by atoms with Gasteiger partial charge in [-0.15, -0.1) is 0 Å². The van der Waals surface area contributed by atoms with Crippen LogP contribution in [0.4, 0.5) is 5.69 Å². The van der Waals surface area contributed by atoms with Crippen LogP contribution >= 0.6 is 0 Å². The third kappa shape index (κ3) is 1.75. The highest BCUT2D eigenvalue weighted by molar-refractivity contribution is 6.02. The first kappa shape index (κ1) is 10.6. The van der Waals surface area contributed by atoms with Crippen LogP contribution in [0.25, 0.3) is 10.8 Å². The Morgan fingerprint density at radius 1 is 1.44 bits per heavy atom. The largest absolute Gasteiger partial charge is 0.376 e. The number of fused-ring (bicyclic) bond motifs is 1. The lowest BCUT2D eigenvalue weighted by atomic mass is 10.1. The van der Waals surface area contributed by atoms with Crippen molar-refractivity contribution in [1.82, 2.24) is 4.98 Å². The molecule has 0 saturated heterocycles. The Labute approximate surface area is 93.1 Å². The molecule has 0 fully saturated rings. The summed E-state index contributed by atoms with van der Waals surface area (Å²) in [6.45, 7) is 1.10. The first-order chi connectivity index (χ1) is 7.74. The number of carbonyl (C=O) groups excluding carboxylic acids is 1. The van der Waals surface area contributed by atoms with Gasteiger partial charge in [0.1, 0.15) is 6.73 Å². The number of hydrogen-bond acceptors (Lipinski definition) is 3. The second-order valence-electron chi connectivity index (χ2n) is 3.46.